The van der Waals surface area contributed by atoms with Crippen LogP contribution in [0.1, 0.15) is 0 Å². The van der Waals surface area contributed by atoms with Crippen molar-refractivity contribution < 1.29 is 25.5 Å². The minimum absolute atomic E-state index is 0.00791. The maximum Gasteiger partial charge on any atom is 0.204 e. The van der Waals surface area contributed by atoms with Crippen molar-refractivity contribution >= 4 is 21.5 Å². The average Bonchev–Trinajstić information content (AvgIpc) is 2.41. The quantitative estimate of drug-likeness (QED) is 0.242. The van der Waals surface area contributed by atoms with Crippen LogP contribution in [0.3, 0.4) is 0 Å². The van der Waals surface area contributed by atoms with Crippen LogP contribution >= 0.6 is 0 Å². The molecular weight excluding hydrogens is 248 g/mol. The molecule has 3 aromatic rings. The smallest absolute Gasteiger partial charge is 0.204 e. The summed E-state index contributed by atoms with van der Waals surface area (Å²) in [4.78, 5) is 0. The van der Waals surface area contributed by atoms with Gasteiger partial charge in [0.25, 0.3) is 0 Å². The van der Waals surface area contributed by atoms with E-state index < -0.39 is 23.0 Å². The second kappa shape index (κ2) is 3.58. The second-order valence-corrected chi connectivity index (χ2v) is 4.29. The van der Waals surface area contributed by atoms with Gasteiger partial charge in [0, 0.05) is 10.8 Å². The number of aromatic hydroxyl groups is 5. The van der Waals surface area contributed by atoms with Crippen molar-refractivity contribution in [1.29, 1.82) is 0 Å². The molecule has 0 amide bonds. The van der Waals surface area contributed by atoms with Gasteiger partial charge in [-0.15, -0.1) is 0 Å². The summed E-state index contributed by atoms with van der Waals surface area (Å²) in [5.41, 5.74) is 0. The highest BCUT2D eigenvalue weighted by atomic mass is 16.3. The Morgan fingerprint density at radius 2 is 1.21 bits per heavy atom. The van der Waals surface area contributed by atoms with E-state index in [0.717, 1.165) is 0 Å². The molecule has 5 N–H and O–H groups in total. The van der Waals surface area contributed by atoms with Crippen LogP contribution in [-0.2, 0) is 0 Å². The van der Waals surface area contributed by atoms with Gasteiger partial charge in [0.05, 0.1) is 0 Å². The number of phenolic OH excluding ortho intramolecular Hbond substituents is 5. The molecule has 0 radical (unpaired) electrons. The minimum Gasteiger partial charge on any atom is -0.508 e. The predicted molar refractivity (Wildman–Crippen MR) is 69.8 cm³/mol. The predicted octanol–water partition coefficient (Wildman–Crippen LogP) is 2.52. The highest BCUT2D eigenvalue weighted by Crippen LogP contribution is 2.50. The lowest BCUT2D eigenvalue weighted by Gasteiger charge is -2.11. The van der Waals surface area contributed by atoms with Gasteiger partial charge in [0.2, 0.25) is 11.5 Å². The summed E-state index contributed by atoms with van der Waals surface area (Å²) in [7, 11) is 0. The molecular formula is C14H10O5. The van der Waals surface area contributed by atoms with Crippen LogP contribution in [0.5, 0.6) is 28.7 Å². The van der Waals surface area contributed by atoms with E-state index in [2.05, 4.69) is 0 Å². The van der Waals surface area contributed by atoms with E-state index in [1.54, 1.807) is 12.1 Å². The maximum atomic E-state index is 9.95. The average molecular weight is 258 g/mol. The Morgan fingerprint density at radius 3 is 1.95 bits per heavy atom. The highest BCUT2D eigenvalue weighted by molar-refractivity contribution is 6.14. The SMILES string of the molecule is Oc1ccc2ccc3c(O)c(O)c(O)c(O)c3c2c1. The third-order valence-electron chi connectivity index (χ3n) is 3.17. The first-order valence-electron chi connectivity index (χ1n) is 5.52. The number of hydrogen-bond donors (Lipinski definition) is 5. The molecule has 3 rings (SSSR count). The second-order valence-electron chi connectivity index (χ2n) is 4.29. The van der Waals surface area contributed by atoms with Crippen molar-refractivity contribution in [3.8, 4) is 28.7 Å². The van der Waals surface area contributed by atoms with Gasteiger partial charge in [-0.1, -0.05) is 12.1 Å². The van der Waals surface area contributed by atoms with Crippen LogP contribution in [0.2, 0.25) is 0 Å². The lowest BCUT2D eigenvalue weighted by molar-refractivity contribution is 0.351. The van der Waals surface area contributed by atoms with Gasteiger partial charge in [-0.25, -0.2) is 0 Å². The van der Waals surface area contributed by atoms with Crippen molar-refractivity contribution in [2.45, 2.75) is 0 Å². The first-order valence-corrected chi connectivity index (χ1v) is 5.52. The normalized spacial score (nSPS) is 11.2. The monoisotopic (exact) mass is 258 g/mol. The first kappa shape index (κ1) is 11.3. The summed E-state index contributed by atoms with van der Waals surface area (Å²) in [5, 5.41) is 49.9. The minimum atomic E-state index is -0.791. The molecule has 0 saturated heterocycles. The molecule has 0 spiro atoms. The van der Waals surface area contributed by atoms with Crippen molar-refractivity contribution in [2.24, 2.45) is 0 Å². The topological polar surface area (TPSA) is 101 Å². The van der Waals surface area contributed by atoms with Crippen LogP contribution in [0, 0.1) is 0 Å². The third kappa shape index (κ3) is 1.41. The number of benzene rings is 3. The molecule has 0 saturated carbocycles. The van der Waals surface area contributed by atoms with Gasteiger partial charge in [-0.3, -0.25) is 0 Å². The fourth-order valence-electron chi connectivity index (χ4n) is 2.23. The van der Waals surface area contributed by atoms with E-state index in [1.165, 1.54) is 18.2 Å². The molecule has 0 heterocycles. The van der Waals surface area contributed by atoms with Crippen LogP contribution < -0.4 is 0 Å². The van der Waals surface area contributed by atoms with Gasteiger partial charge >= 0.3 is 0 Å². The molecule has 0 unspecified atom stereocenters. The Morgan fingerprint density at radius 1 is 0.579 bits per heavy atom. The number of phenols is 5. The van der Waals surface area contributed by atoms with Gasteiger partial charge < -0.3 is 25.5 Å². The van der Waals surface area contributed by atoms with Crippen molar-refractivity contribution in [3.05, 3.63) is 30.3 Å². The summed E-state index contributed by atoms with van der Waals surface area (Å²) < 4.78 is 0. The zero-order chi connectivity index (χ0) is 13.7. The molecule has 0 aliphatic heterocycles. The van der Waals surface area contributed by atoms with E-state index >= 15 is 0 Å². The summed E-state index contributed by atoms with van der Waals surface area (Å²) >= 11 is 0. The van der Waals surface area contributed by atoms with Crippen LogP contribution in [0.25, 0.3) is 21.5 Å². The zero-order valence-corrected chi connectivity index (χ0v) is 9.62. The molecule has 0 aromatic heterocycles. The lowest BCUT2D eigenvalue weighted by Crippen LogP contribution is -1.82. The van der Waals surface area contributed by atoms with Crippen molar-refractivity contribution in [3.63, 3.8) is 0 Å². The molecule has 3 aromatic carbocycles. The maximum absolute atomic E-state index is 9.95. The highest BCUT2D eigenvalue weighted by Gasteiger charge is 2.19. The number of hydrogen-bond acceptors (Lipinski definition) is 5. The molecule has 0 atom stereocenters. The van der Waals surface area contributed by atoms with Crippen LogP contribution in [0.15, 0.2) is 30.3 Å². The van der Waals surface area contributed by atoms with Gasteiger partial charge in [0.15, 0.2) is 11.5 Å². The molecule has 96 valence electrons. The Labute approximate surface area is 107 Å². The Kier molecular flexibility index (Phi) is 2.13. The number of fused-ring (bicyclic) bond motifs is 3. The van der Waals surface area contributed by atoms with E-state index in [1.807, 2.05) is 0 Å². The molecule has 0 fully saturated rings. The fourth-order valence-corrected chi connectivity index (χ4v) is 2.23. The first-order chi connectivity index (χ1) is 9.00. The van der Waals surface area contributed by atoms with Crippen molar-refractivity contribution in [1.82, 2.24) is 0 Å². The molecule has 5 nitrogen and oxygen atoms in total. The van der Waals surface area contributed by atoms with Gasteiger partial charge in [-0.05, 0) is 29.0 Å². The molecule has 0 bridgehead atoms. The van der Waals surface area contributed by atoms with Crippen LogP contribution in [-0.4, -0.2) is 25.5 Å². The van der Waals surface area contributed by atoms with Gasteiger partial charge in [0.1, 0.15) is 5.75 Å². The Bertz CT molecular complexity index is 823. The molecule has 19 heavy (non-hydrogen) atoms. The summed E-state index contributed by atoms with van der Waals surface area (Å²) in [5.74, 6) is -2.63. The van der Waals surface area contributed by atoms with Crippen molar-refractivity contribution in [2.75, 3.05) is 0 Å². The summed E-state index contributed by atoms with van der Waals surface area (Å²) in [6, 6.07) is 7.73. The standard InChI is InChI=1S/C14H10O5/c15-7-3-1-6-2-4-8-10(9(6)5-7)12(17)14(19)13(18)11(8)16/h1-5,15-19H. The van der Waals surface area contributed by atoms with E-state index in [9.17, 15) is 25.5 Å². The largest absolute Gasteiger partial charge is 0.508 e. The Balaban J connectivity index is 2.65. The Hall–Kier alpha value is -2.82. The molecule has 5 heteroatoms. The summed E-state index contributed by atoms with van der Waals surface area (Å²) in [6.07, 6.45) is 0. The van der Waals surface area contributed by atoms with Crippen LogP contribution in [0.4, 0.5) is 0 Å². The zero-order valence-electron chi connectivity index (χ0n) is 9.62. The van der Waals surface area contributed by atoms with E-state index in [-0.39, 0.29) is 16.5 Å². The van der Waals surface area contributed by atoms with Gasteiger partial charge in [-0.2, -0.15) is 0 Å². The number of rotatable bonds is 0. The molecule has 0 aliphatic carbocycles. The lowest BCUT2D eigenvalue weighted by atomic mass is 9.99. The van der Waals surface area contributed by atoms with E-state index in [0.29, 0.717) is 10.8 Å². The fraction of sp³-hybridized carbons (Fsp3) is 0. The molecule has 0 aliphatic rings. The summed E-state index contributed by atoms with van der Waals surface area (Å²) in [6.45, 7) is 0. The van der Waals surface area contributed by atoms with E-state index in [4.69, 9.17) is 0 Å². The third-order valence-corrected chi connectivity index (χ3v) is 3.17.